The lowest BCUT2D eigenvalue weighted by molar-refractivity contribution is 1.10. The Morgan fingerprint density at radius 1 is 0.944 bits per heavy atom. The summed E-state index contributed by atoms with van der Waals surface area (Å²) < 4.78 is 2.20. The highest BCUT2D eigenvalue weighted by Crippen LogP contribution is 2.34. The van der Waals surface area contributed by atoms with Crippen LogP contribution in [0.5, 0.6) is 0 Å². The van der Waals surface area contributed by atoms with Gasteiger partial charge in [-0.05, 0) is 54.3 Å². The van der Waals surface area contributed by atoms with Gasteiger partial charge >= 0.3 is 0 Å². The van der Waals surface area contributed by atoms with Gasteiger partial charge in [0.2, 0.25) is 0 Å². The first kappa shape index (κ1) is 14.1. The second-order valence-electron chi connectivity index (χ2n) is 4.37. The smallest absolute Gasteiger partial charge is 0.0838 e. The fraction of sp³-hybridized carbons (Fsp3) is 0.200. The van der Waals surface area contributed by atoms with Gasteiger partial charge in [-0.2, -0.15) is 0 Å². The highest BCUT2D eigenvalue weighted by Gasteiger charge is 2.14. The van der Waals surface area contributed by atoms with Crippen molar-refractivity contribution in [3.63, 3.8) is 0 Å². The molecule has 3 heteroatoms. The van der Waals surface area contributed by atoms with Crippen molar-refractivity contribution in [3.05, 3.63) is 67.6 Å². The van der Waals surface area contributed by atoms with E-state index in [9.17, 15) is 0 Å². The van der Waals surface area contributed by atoms with Crippen LogP contribution >= 0.6 is 43.5 Å². The molecule has 1 unspecified atom stereocenters. The van der Waals surface area contributed by atoms with Crippen LogP contribution in [0.25, 0.3) is 0 Å². The van der Waals surface area contributed by atoms with Crippen LogP contribution < -0.4 is 0 Å². The van der Waals surface area contributed by atoms with Gasteiger partial charge in [0.1, 0.15) is 0 Å². The molecule has 0 fully saturated rings. The molecule has 0 heterocycles. The monoisotopic (exact) mass is 386 g/mol. The fourth-order valence-corrected chi connectivity index (χ4v) is 2.99. The van der Waals surface area contributed by atoms with Crippen LogP contribution in [-0.4, -0.2) is 0 Å². The first-order valence-corrected chi connectivity index (χ1v) is 7.67. The summed E-state index contributed by atoms with van der Waals surface area (Å²) >= 11 is 13.6. The number of hydrogen-bond donors (Lipinski definition) is 0. The lowest BCUT2D eigenvalue weighted by Crippen LogP contribution is -1.97. The second-order valence-corrected chi connectivity index (χ2v) is 6.58. The summed E-state index contributed by atoms with van der Waals surface area (Å²) in [5.74, 6) is 0. The van der Waals surface area contributed by atoms with Crippen LogP contribution in [0.3, 0.4) is 0 Å². The van der Waals surface area contributed by atoms with E-state index in [2.05, 4.69) is 70.0 Å². The van der Waals surface area contributed by atoms with Crippen LogP contribution in [0.4, 0.5) is 0 Å². The van der Waals surface area contributed by atoms with E-state index >= 15 is 0 Å². The summed E-state index contributed by atoms with van der Waals surface area (Å²) in [6.07, 6.45) is 0. The van der Waals surface area contributed by atoms with Crippen molar-refractivity contribution in [1.29, 1.82) is 0 Å². The molecule has 0 aliphatic heterocycles. The first-order chi connectivity index (χ1) is 8.49. The number of benzene rings is 2. The maximum Gasteiger partial charge on any atom is 0.0838 e. The minimum absolute atomic E-state index is 0.107. The minimum Gasteiger partial charge on any atom is -0.113 e. The molecule has 0 radical (unpaired) electrons. The van der Waals surface area contributed by atoms with Gasteiger partial charge in [0.25, 0.3) is 0 Å². The van der Waals surface area contributed by atoms with Crippen molar-refractivity contribution in [1.82, 2.24) is 0 Å². The lowest BCUT2D eigenvalue weighted by atomic mass is 9.98. The highest BCUT2D eigenvalue weighted by molar-refractivity contribution is 9.10. The van der Waals surface area contributed by atoms with Crippen molar-refractivity contribution in [3.8, 4) is 0 Å². The zero-order chi connectivity index (χ0) is 13.3. The number of alkyl halides is 1. The summed E-state index contributed by atoms with van der Waals surface area (Å²) in [7, 11) is 0. The van der Waals surface area contributed by atoms with E-state index in [0.717, 1.165) is 14.5 Å². The van der Waals surface area contributed by atoms with E-state index in [1.165, 1.54) is 16.7 Å². The van der Waals surface area contributed by atoms with Gasteiger partial charge in [-0.3, -0.25) is 0 Å². The summed E-state index contributed by atoms with van der Waals surface area (Å²) in [5.41, 5.74) is 4.69. The van der Waals surface area contributed by atoms with E-state index in [0.29, 0.717) is 0 Å². The average Bonchev–Trinajstić information content (AvgIpc) is 2.34. The lowest BCUT2D eigenvalue weighted by Gasteiger charge is -2.15. The van der Waals surface area contributed by atoms with Gasteiger partial charge in [0.15, 0.2) is 0 Å². The van der Waals surface area contributed by atoms with E-state index in [-0.39, 0.29) is 5.38 Å². The van der Waals surface area contributed by atoms with Crippen LogP contribution in [0.15, 0.2) is 45.3 Å². The Morgan fingerprint density at radius 3 is 2.17 bits per heavy atom. The molecule has 2 rings (SSSR count). The third kappa shape index (κ3) is 2.98. The molecule has 18 heavy (non-hydrogen) atoms. The minimum atomic E-state index is -0.107. The van der Waals surface area contributed by atoms with Crippen LogP contribution in [0.2, 0.25) is 0 Å². The first-order valence-electron chi connectivity index (χ1n) is 5.65. The Kier molecular flexibility index (Phi) is 4.52. The molecule has 0 saturated heterocycles. The Balaban J connectivity index is 2.42. The number of hydrogen-bond acceptors (Lipinski definition) is 0. The molecular weight excluding hydrogens is 375 g/mol. The van der Waals surface area contributed by atoms with E-state index in [1.54, 1.807) is 0 Å². The molecular formula is C15H13Br2Cl. The van der Waals surface area contributed by atoms with Gasteiger partial charge in [0.05, 0.1) is 5.38 Å². The predicted octanol–water partition coefficient (Wildman–Crippen LogP) is 6.16. The molecule has 0 saturated carbocycles. The molecule has 1 atom stereocenters. The van der Waals surface area contributed by atoms with Gasteiger partial charge in [-0.1, -0.05) is 50.1 Å². The van der Waals surface area contributed by atoms with Crippen molar-refractivity contribution < 1.29 is 0 Å². The maximum atomic E-state index is 6.58. The molecule has 2 aromatic rings. The summed E-state index contributed by atoms with van der Waals surface area (Å²) in [6.45, 7) is 4.17. The summed E-state index contributed by atoms with van der Waals surface area (Å²) in [5, 5.41) is -0.107. The second kappa shape index (κ2) is 5.77. The molecule has 0 N–H and O–H groups in total. The van der Waals surface area contributed by atoms with Crippen molar-refractivity contribution in [2.75, 3.05) is 0 Å². The Labute approximate surface area is 130 Å². The van der Waals surface area contributed by atoms with Crippen LogP contribution in [0, 0.1) is 13.8 Å². The van der Waals surface area contributed by atoms with Crippen LogP contribution in [-0.2, 0) is 0 Å². The Hall–Kier alpha value is -0.310. The SMILES string of the molecule is Cc1cc(C(Cl)c2ccc(Br)cc2)c(C)cc1Br. The molecule has 0 spiro atoms. The quantitative estimate of drug-likeness (QED) is 0.541. The van der Waals surface area contributed by atoms with Crippen molar-refractivity contribution >= 4 is 43.5 Å². The normalized spacial score (nSPS) is 12.5. The molecule has 0 aliphatic carbocycles. The standard InChI is InChI=1S/C15H13Br2Cl/c1-9-8-14(17)10(2)7-13(9)15(18)11-3-5-12(16)6-4-11/h3-8,15H,1-2H3. The fourth-order valence-electron chi connectivity index (χ4n) is 1.89. The van der Waals surface area contributed by atoms with Gasteiger partial charge in [0, 0.05) is 8.95 Å². The zero-order valence-electron chi connectivity index (χ0n) is 10.2. The molecule has 0 bridgehead atoms. The summed E-state index contributed by atoms with van der Waals surface area (Å²) in [4.78, 5) is 0. The van der Waals surface area contributed by atoms with E-state index in [4.69, 9.17) is 11.6 Å². The van der Waals surface area contributed by atoms with Gasteiger partial charge < -0.3 is 0 Å². The van der Waals surface area contributed by atoms with Crippen molar-refractivity contribution in [2.24, 2.45) is 0 Å². The molecule has 0 aliphatic rings. The third-order valence-corrected chi connectivity index (χ3v) is 4.85. The number of halogens is 3. The molecule has 0 amide bonds. The highest BCUT2D eigenvalue weighted by atomic mass is 79.9. The average molecular weight is 389 g/mol. The number of aryl methyl sites for hydroxylation is 2. The molecule has 94 valence electrons. The largest absolute Gasteiger partial charge is 0.113 e. The number of rotatable bonds is 2. The third-order valence-electron chi connectivity index (χ3n) is 2.98. The molecule has 2 aromatic carbocycles. The van der Waals surface area contributed by atoms with Crippen molar-refractivity contribution in [2.45, 2.75) is 19.2 Å². The molecule has 0 aromatic heterocycles. The topological polar surface area (TPSA) is 0 Å². The molecule has 0 nitrogen and oxygen atoms in total. The zero-order valence-corrected chi connectivity index (χ0v) is 14.1. The van der Waals surface area contributed by atoms with Gasteiger partial charge in [-0.15, -0.1) is 11.6 Å². The predicted molar refractivity (Wildman–Crippen MR) is 85.5 cm³/mol. The maximum absolute atomic E-state index is 6.58. The van der Waals surface area contributed by atoms with Crippen LogP contribution in [0.1, 0.15) is 27.6 Å². The van der Waals surface area contributed by atoms with E-state index < -0.39 is 0 Å². The van der Waals surface area contributed by atoms with Gasteiger partial charge in [-0.25, -0.2) is 0 Å². The Morgan fingerprint density at radius 2 is 1.56 bits per heavy atom. The summed E-state index contributed by atoms with van der Waals surface area (Å²) in [6, 6.07) is 12.4. The van der Waals surface area contributed by atoms with E-state index in [1.807, 2.05) is 12.1 Å². The Bertz CT molecular complexity index is 561.